The van der Waals surface area contributed by atoms with Crippen molar-refractivity contribution in [2.45, 2.75) is 38.5 Å². The van der Waals surface area contributed by atoms with Crippen LogP contribution < -0.4 is 31.4 Å². The summed E-state index contributed by atoms with van der Waals surface area (Å²) in [6.45, 7) is 1.65. The monoisotopic (exact) mass is 699 g/mol. The Morgan fingerprint density at radius 1 is 0.373 bits per heavy atom. The normalized spacial score (nSPS) is 10.6. The van der Waals surface area contributed by atoms with Crippen LogP contribution in [0.2, 0.25) is 0 Å². The third kappa shape index (κ3) is 13.9. The summed E-state index contributed by atoms with van der Waals surface area (Å²) >= 11 is 0. The van der Waals surface area contributed by atoms with Crippen molar-refractivity contribution in [2.75, 3.05) is 56.8 Å². The molecule has 0 aliphatic carbocycles. The van der Waals surface area contributed by atoms with Crippen molar-refractivity contribution in [1.82, 2.24) is 0 Å². The van der Waals surface area contributed by atoms with E-state index in [0.717, 1.165) is 0 Å². The highest BCUT2D eigenvalue weighted by Crippen LogP contribution is 2.18. The molecule has 0 radical (unpaired) electrons. The first-order chi connectivity index (χ1) is 24.8. The van der Waals surface area contributed by atoms with Gasteiger partial charge >= 0.3 is 17.9 Å². The Morgan fingerprint density at radius 3 is 0.863 bits per heavy atom. The average molecular weight is 700 g/mol. The number of unbranched alkanes of at least 4 members (excludes halogenated alkanes) is 3. The van der Waals surface area contributed by atoms with Crippen molar-refractivity contribution in [3.8, 4) is 17.2 Å². The maximum Gasteiger partial charge on any atom is 0.338 e. The first-order valence-electron chi connectivity index (χ1n) is 16.9. The number of nitrogens with two attached hydrogens (primary N) is 3. The number of hydrogen-bond donors (Lipinski definition) is 3. The topological polar surface area (TPSA) is 185 Å². The van der Waals surface area contributed by atoms with E-state index in [2.05, 4.69) is 0 Å². The Hall–Kier alpha value is -5.91. The van der Waals surface area contributed by atoms with Gasteiger partial charge in [0.1, 0.15) is 17.2 Å². The number of carbonyl (C=O) groups excluding carboxylic acids is 3. The van der Waals surface area contributed by atoms with Crippen molar-refractivity contribution in [3.05, 3.63) is 108 Å². The van der Waals surface area contributed by atoms with Gasteiger partial charge in [-0.3, -0.25) is 0 Å². The molecule has 0 aliphatic rings. The molecule has 0 aliphatic heterocycles. The third-order valence-corrected chi connectivity index (χ3v) is 7.40. The van der Waals surface area contributed by atoms with Crippen LogP contribution in [0.5, 0.6) is 17.2 Å². The summed E-state index contributed by atoms with van der Waals surface area (Å²) in [6, 6.07) is 25.3. The molecule has 4 aromatic rings. The molecule has 4 rings (SSSR count). The molecule has 0 saturated carbocycles. The smallest absolute Gasteiger partial charge is 0.338 e. The standard InChI is InChI=1S/C39H45N3O9/c40-31-7-13-34(14-8-31)46-19-1-4-22-49-37(43)28-25-29(38(44)50-23-5-2-20-47-35-15-9-32(41)10-16-35)27-30(26-28)39(45)51-24-6-3-21-48-36-17-11-33(42)12-18-36/h7-18,25-27H,1-6,19-24,40-42H2. The predicted molar refractivity (Wildman–Crippen MR) is 194 cm³/mol. The summed E-state index contributed by atoms with van der Waals surface area (Å²) in [7, 11) is 0. The minimum absolute atomic E-state index is 0.0309. The largest absolute Gasteiger partial charge is 0.494 e. The number of nitrogen functional groups attached to an aromatic ring is 3. The summed E-state index contributed by atoms with van der Waals surface area (Å²) in [6.07, 6.45) is 3.54. The lowest BCUT2D eigenvalue weighted by Gasteiger charge is -2.11. The van der Waals surface area contributed by atoms with Gasteiger partial charge in [0.2, 0.25) is 0 Å². The van der Waals surface area contributed by atoms with Crippen LogP contribution in [0.1, 0.15) is 69.6 Å². The number of benzene rings is 4. The minimum atomic E-state index is -0.683. The van der Waals surface area contributed by atoms with E-state index in [0.29, 0.717) is 92.7 Å². The van der Waals surface area contributed by atoms with E-state index < -0.39 is 17.9 Å². The molecule has 12 heteroatoms. The highest BCUT2D eigenvalue weighted by molar-refractivity contribution is 6.00. The van der Waals surface area contributed by atoms with Crippen LogP contribution in [-0.4, -0.2) is 57.5 Å². The number of ether oxygens (including phenoxy) is 6. The fourth-order valence-electron chi connectivity index (χ4n) is 4.60. The molecule has 0 unspecified atom stereocenters. The van der Waals surface area contributed by atoms with Gasteiger partial charge in [-0.2, -0.15) is 0 Å². The van der Waals surface area contributed by atoms with Crippen LogP contribution in [0.15, 0.2) is 91.0 Å². The molecule has 0 saturated heterocycles. The summed E-state index contributed by atoms with van der Waals surface area (Å²) in [5.41, 5.74) is 19.1. The third-order valence-electron chi connectivity index (χ3n) is 7.40. The Morgan fingerprint density at radius 2 is 0.608 bits per heavy atom. The number of anilines is 3. The second-order valence-electron chi connectivity index (χ2n) is 11.6. The lowest BCUT2D eigenvalue weighted by atomic mass is 10.1. The average Bonchev–Trinajstić information content (AvgIpc) is 3.14. The Kier molecular flexibility index (Phi) is 15.3. The summed E-state index contributed by atoms with van der Waals surface area (Å²) < 4.78 is 33.4. The van der Waals surface area contributed by atoms with Gasteiger partial charge in [0.05, 0.1) is 56.3 Å². The van der Waals surface area contributed by atoms with E-state index >= 15 is 0 Å². The molecule has 0 aromatic heterocycles. The molecular formula is C39H45N3O9. The van der Waals surface area contributed by atoms with E-state index in [9.17, 15) is 14.4 Å². The van der Waals surface area contributed by atoms with E-state index in [-0.39, 0.29) is 36.5 Å². The van der Waals surface area contributed by atoms with Gasteiger partial charge in [0, 0.05) is 17.1 Å². The van der Waals surface area contributed by atoms with Crippen LogP contribution in [-0.2, 0) is 14.2 Å². The van der Waals surface area contributed by atoms with Crippen LogP contribution >= 0.6 is 0 Å². The number of hydrogen-bond acceptors (Lipinski definition) is 12. The maximum atomic E-state index is 13.0. The van der Waals surface area contributed by atoms with Crippen molar-refractivity contribution >= 4 is 35.0 Å². The second kappa shape index (κ2) is 20.6. The van der Waals surface area contributed by atoms with Gasteiger partial charge in [0.25, 0.3) is 0 Å². The van der Waals surface area contributed by atoms with Gasteiger partial charge in [-0.05, 0) is 130 Å². The molecule has 0 fully saturated rings. The molecule has 51 heavy (non-hydrogen) atoms. The molecular weight excluding hydrogens is 654 g/mol. The molecule has 0 atom stereocenters. The zero-order chi connectivity index (χ0) is 36.3. The highest BCUT2D eigenvalue weighted by Gasteiger charge is 2.19. The molecule has 6 N–H and O–H groups in total. The molecule has 0 heterocycles. The lowest BCUT2D eigenvalue weighted by Crippen LogP contribution is -2.15. The van der Waals surface area contributed by atoms with Gasteiger partial charge in [-0.1, -0.05) is 0 Å². The quantitative estimate of drug-likeness (QED) is 0.0373. The fraction of sp³-hybridized carbons (Fsp3) is 0.308. The van der Waals surface area contributed by atoms with Gasteiger partial charge < -0.3 is 45.6 Å². The molecule has 0 bridgehead atoms. The van der Waals surface area contributed by atoms with E-state index in [1.165, 1.54) is 18.2 Å². The molecule has 12 nitrogen and oxygen atoms in total. The van der Waals surface area contributed by atoms with E-state index in [1.54, 1.807) is 72.8 Å². The molecule has 270 valence electrons. The fourth-order valence-corrected chi connectivity index (χ4v) is 4.60. The molecule has 0 amide bonds. The minimum Gasteiger partial charge on any atom is -0.494 e. The van der Waals surface area contributed by atoms with Crippen LogP contribution in [0.3, 0.4) is 0 Å². The number of carbonyl (C=O) groups is 3. The van der Waals surface area contributed by atoms with Crippen molar-refractivity contribution < 1.29 is 42.8 Å². The lowest BCUT2D eigenvalue weighted by molar-refractivity contribution is 0.0490. The Balaban J connectivity index is 1.26. The highest BCUT2D eigenvalue weighted by atomic mass is 16.5. The zero-order valence-electron chi connectivity index (χ0n) is 28.6. The number of rotatable bonds is 21. The van der Waals surface area contributed by atoms with E-state index in [1.807, 2.05) is 0 Å². The maximum absolute atomic E-state index is 13.0. The first-order valence-corrected chi connectivity index (χ1v) is 16.9. The molecule has 4 aromatic carbocycles. The van der Waals surface area contributed by atoms with E-state index in [4.69, 9.17) is 45.6 Å². The van der Waals surface area contributed by atoms with Gasteiger partial charge in [-0.15, -0.1) is 0 Å². The van der Waals surface area contributed by atoms with Crippen molar-refractivity contribution in [3.63, 3.8) is 0 Å². The van der Waals surface area contributed by atoms with Crippen molar-refractivity contribution in [2.24, 2.45) is 0 Å². The van der Waals surface area contributed by atoms with Crippen LogP contribution in [0.4, 0.5) is 17.1 Å². The summed E-state index contributed by atoms with van der Waals surface area (Å²) in [5, 5.41) is 0. The van der Waals surface area contributed by atoms with Crippen molar-refractivity contribution in [1.29, 1.82) is 0 Å². The Bertz CT molecular complexity index is 1470. The zero-order valence-corrected chi connectivity index (χ0v) is 28.6. The second-order valence-corrected chi connectivity index (χ2v) is 11.6. The van der Waals surface area contributed by atoms with Crippen LogP contribution in [0, 0.1) is 0 Å². The van der Waals surface area contributed by atoms with Crippen LogP contribution in [0.25, 0.3) is 0 Å². The predicted octanol–water partition coefficient (Wildman–Crippen LogP) is 6.48. The number of esters is 3. The SMILES string of the molecule is Nc1ccc(OCCCCOC(=O)c2cc(C(=O)OCCCCOc3ccc(N)cc3)cc(C(=O)OCCCCOc3ccc(N)cc3)c2)cc1. The summed E-state index contributed by atoms with van der Waals surface area (Å²) in [4.78, 5) is 39.0. The van der Waals surface area contributed by atoms with Gasteiger partial charge in [0.15, 0.2) is 0 Å². The van der Waals surface area contributed by atoms with Gasteiger partial charge in [-0.25, -0.2) is 14.4 Å². The molecule has 0 spiro atoms. The first kappa shape index (κ1) is 37.9. The Labute approximate surface area is 297 Å². The summed E-state index contributed by atoms with van der Waals surface area (Å²) in [5.74, 6) is 0.0419.